The molecule has 0 aromatic carbocycles. The Kier molecular flexibility index (Phi) is 1.53. The third-order valence-corrected chi connectivity index (χ3v) is 2.35. The molecule has 2 heterocycles. The van der Waals surface area contributed by atoms with Crippen LogP contribution in [0.25, 0.3) is 0 Å². The van der Waals surface area contributed by atoms with Crippen LogP contribution < -0.4 is 0 Å². The van der Waals surface area contributed by atoms with E-state index in [1.54, 1.807) is 0 Å². The zero-order chi connectivity index (χ0) is 7.84. The van der Waals surface area contributed by atoms with Crippen LogP contribution >= 0.6 is 15.9 Å². The minimum atomic E-state index is 0.0214. The number of allylic oxidation sites excluding steroid dienone is 2. The van der Waals surface area contributed by atoms with Gasteiger partial charge in [0, 0.05) is 22.5 Å². The molecule has 2 rings (SSSR count). The van der Waals surface area contributed by atoms with Crippen LogP contribution in [0.1, 0.15) is 6.92 Å². The second-order valence-corrected chi connectivity index (χ2v) is 3.48. The molecule has 2 aliphatic rings. The Morgan fingerprint density at radius 3 is 2.91 bits per heavy atom. The maximum Gasteiger partial charge on any atom is 0.166 e. The molecule has 11 heavy (non-hydrogen) atoms. The van der Waals surface area contributed by atoms with E-state index in [-0.39, 0.29) is 6.17 Å². The van der Waals surface area contributed by atoms with Crippen molar-refractivity contribution in [1.82, 2.24) is 0 Å². The molecule has 0 unspecified atom stereocenters. The van der Waals surface area contributed by atoms with E-state index in [4.69, 9.17) is 0 Å². The smallest absolute Gasteiger partial charge is 0.166 e. The lowest BCUT2D eigenvalue weighted by molar-refractivity contribution is 0.858. The fourth-order valence-electron chi connectivity index (χ4n) is 1.15. The first-order valence-corrected chi connectivity index (χ1v) is 4.21. The van der Waals surface area contributed by atoms with E-state index in [9.17, 15) is 0 Å². The van der Waals surface area contributed by atoms with Crippen molar-refractivity contribution in [1.29, 1.82) is 0 Å². The molecule has 0 aromatic heterocycles. The molecule has 3 heteroatoms. The van der Waals surface area contributed by atoms with Crippen molar-refractivity contribution in [2.24, 2.45) is 9.98 Å². The summed E-state index contributed by atoms with van der Waals surface area (Å²) in [5, 5.41) is 0. The third-order valence-electron chi connectivity index (χ3n) is 1.69. The van der Waals surface area contributed by atoms with Crippen LogP contribution in [0.15, 0.2) is 31.7 Å². The highest BCUT2D eigenvalue weighted by Gasteiger charge is 2.19. The van der Waals surface area contributed by atoms with E-state index in [1.807, 2.05) is 19.4 Å². The van der Waals surface area contributed by atoms with Crippen molar-refractivity contribution in [3.05, 3.63) is 21.7 Å². The van der Waals surface area contributed by atoms with E-state index in [0.717, 1.165) is 4.48 Å². The van der Waals surface area contributed by atoms with E-state index >= 15 is 0 Å². The highest BCUT2D eigenvalue weighted by atomic mass is 79.9. The quantitative estimate of drug-likeness (QED) is 0.586. The number of hydrogen-bond donors (Lipinski definition) is 0. The number of nitrogens with zero attached hydrogens (tertiary/aromatic N) is 2. The maximum atomic E-state index is 4.24. The molecule has 0 aromatic rings. The van der Waals surface area contributed by atoms with Crippen molar-refractivity contribution in [2.75, 3.05) is 0 Å². The van der Waals surface area contributed by atoms with Gasteiger partial charge in [-0.3, -0.25) is 9.98 Å². The fourth-order valence-corrected chi connectivity index (χ4v) is 1.58. The molecule has 2 nitrogen and oxygen atoms in total. The summed E-state index contributed by atoms with van der Waals surface area (Å²) in [6, 6.07) is 0. The lowest BCUT2D eigenvalue weighted by Crippen LogP contribution is -2.05. The van der Waals surface area contributed by atoms with Crippen molar-refractivity contribution in [2.45, 2.75) is 13.1 Å². The van der Waals surface area contributed by atoms with Crippen LogP contribution in [0.5, 0.6) is 0 Å². The summed E-state index contributed by atoms with van der Waals surface area (Å²) in [6.45, 7) is 2.03. The molecule has 1 atom stereocenters. The number of dihydropyridines is 1. The van der Waals surface area contributed by atoms with Crippen molar-refractivity contribution in [3.8, 4) is 0 Å². The first kappa shape index (κ1) is 6.98. The summed E-state index contributed by atoms with van der Waals surface area (Å²) in [4.78, 5) is 8.43. The predicted molar refractivity (Wildman–Crippen MR) is 50.5 cm³/mol. The zero-order valence-corrected chi connectivity index (χ0v) is 7.67. The monoisotopic (exact) mass is 210 g/mol. The summed E-state index contributed by atoms with van der Waals surface area (Å²) >= 11 is 3.42. The van der Waals surface area contributed by atoms with Gasteiger partial charge in [-0.05, 0) is 34.5 Å². The van der Waals surface area contributed by atoms with Gasteiger partial charge < -0.3 is 0 Å². The standard InChI is InChI=1S/C8H7BrN2/c1-5-2-6-7(9)4-11-8(6)10-3-5/h2-4,8H,1H3/t8-/m1/s1. The van der Waals surface area contributed by atoms with Gasteiger partial charge >= 0.3 is 0 Å². The van der Waals surface area contributed by atoms with Crippen LogP contribution in [-0.4, -0.2) is 18.6 Å². The number of rotatable bonds is 0. The summed E-state index contributed by atoms with van der Waals surface area (Å²) in [7, 11) is 0. The largest absolute Gasteiger partial charge is 0.261 e. The number of fused-ring (bicyclic) bond motifs is 1. The normalized spacial score (nSPS) is 27.5. The first-order chi connectivity index (χ1) is 5.27. The summed E-state index contributed by atoms with van der Waals surface area (Å²) < 4.78 is 1.05. The first-order valence-electron chi connectivity index (χ1n) is 3.42. The van der Waals surface area contributed by atoms with Crippen molar-refractivity contribution in [3.63, 3.8) is 0 Å². The highest BCUT2D eigenvalue weighted by Crippen LogP contribution is 2.27. The van der Waals surface area contributed by atoms with Gasteiger partial charge in [0.15, 0.2) is 6.17 Å². The van der Waals surface area contributed by atoms with Gasteiger partial charge in [-0.15, -0.1) is 0 Å². The van der Waals surface area contributed by atoms with Gasteiger partial charge in [0.25, 0.3) is 0 Å². The van der Waals surface area contributed by atoms with Gasteiger partial charge in [-0.2, -0.15) is 0 Å². The van der Waals surface area contributed by atoms with Gasteiger partial charge in [0.05, 0.1) is 0 Å². The molecule has 0 bridgehead atoms. The van der Waals surface area contributed by atoms with E-state index in [0.29, 0.717) is 0 Å². The Labute approximate surface area is 73.6 Å². The molecular weight excluding hydrogens is 204 g/mol. The molecular formula is C8H7BrN2. The predicted octanol–water partition coefficient (Wildman–Crippen LogP) is 2.08. The van der Waals surface area contributed by atoms with Crippen molar-refractivity contribution < 1.29 is 0 Å². The van der Waals surface area contributed by atoms with E-state index < -0.39 is 0 Å². The molecule has 0 saturated heterocycles. The number of hydrogen-bond acceptors (Lipinski definition) is 2. The molecule has 56 valence electrons. The van der Waals surface area contributed by atoms with Crippen molar-refractivity contribution >= 4 is 28.4 Å². The lowest BCUT2D eigenvalue weighted by Gasteiger charge is -2.09. The van der Waals surface area contributed by atoms with Gasteiger partial charge in [0.2, 0.25) is 0 Å². The van der Waals surface area contributed by atoms with Crippen LogP contribution in [0.3, 0.4) is 0 Å². The Bertz CT molecular complexity index is 310. The van der Waals surface area contributed by atoms with Crippen LogP contribution in [0.4, 0.5) is 0 Å². The second-order valence-electron chi connectivity index (χ2n) is 2.62. The Hall–Kier alpha value is -0.700. The molecule has 0 amide bonds. The fraction of sp³-hybridized carbons (Fsp3) is 0.250. The molecule has 2 aliphatic heterocycles. The van der Waals surface area contributed by atoms with Crippen LogP contribution in [-0.2, 0) is 0 Å². The number of halogens is 1. The molecule has 0 saturated carbocycles. The molecule has 0 aliphatic carbocycles. The minimum absolute atomic E-state index is 0.0214. The highest BCUT2D eigenvalue weighted by molar-refractivity contribution is 9.12. The molecule has 0 N–H and O–H groups in total. The Balaban J connectivity index is 2.46. The Morgan fingerprint density at radius 2 is 2.09 bits per heavy atom. The minimum Gasteiger partial charge on any atom is -0.261 e. The maximum absolute atomic E-state index is 4.24. The van der Waals surface area contributed by atoms with Gasteiger partial charge in [-0.1, -0.05) is 0 Å². The van der Waals surface area contributed by atoms with Gasteiger partial charge in [-0.25, -0.2) is 0 Å². The molecule has 0 spiro atoms. The topological polar surface area (TPSA) is 24.7 Å². The zero-order valence-electron chi connectivity index (χ0n) is 6.08. The van der Waals surface area contributed by atoms with Gasteiger partial charge in [0.1, 0.15) is 0 Å². The molecule has 0 radical (unpaired) electrons. The summed E-state index contributed by atoms with van der Waals surface area (Å²) in [5.41, 5.74) is 2.35. The van der Waals surface area contributed by atoms with Crippen LogP contribution in [0, 0.1) is 0 Å². The van der Waals surface area contributed by atoms with Crippen LogP contribution in [0.2, 0.25) is 0 Å². The third kappa shape index (κ3) is 1.09. The van der Waals surface area contributed by atoms with E-state index in [2.05, 4.69) is 32.0 Å². The summed E-state index contributed by atoms with van der Waals surface area (Å²) in [5.74, 6) is 0. The Morgan fingerprint density at radius 1 is 1.36 bits per heavy atom. The second kappa shape index (κ2) is 2.41. The lowest BCUT2D eigenvalue weighted by atomic mass is 10.1. The summed E-state index contributed by atoms with van der Waals surface area (Å²) in [6.07, 6.45) is 5.80. The average molecular weight is 211 g/mol. The van der Waals surface area contributed by atoms with E-state index in [1.165, 1.54) is 11.1 Å². The number of aliphatic imine (C=N–C) groups is 2. The average Bonchev–Trinajstić information content (AvgIpc) is 2.33. The molecule has 0 fully saturated rings. The SMILES string of the molecule is CC1=CC2=C(Br)C=N[C@H]2N=C1.